The van der Waals surface area contributed by atoms with Crippen LogP contribution in [0.25, 0.3) is 0 Å². The summed E-state index contributed by atoms with van der Waals surface area (Å²) >= 11 is 0. The minimum absolute atomic E-state index is 0.225. The molecule has 4 heteroatoms. The Labute approximate surface area is 100 Å². The van der Waals surface area contributed by atoms with Gasteiger partial charge < -0.3 is 10.5 Å². The molecule has 0 aliphatic rings. The van der Waals surface area contributed by atoms with Gasteiger partial charge in [0, 0.05) is 18.0 Å². The third kappa shape index (κ3) is 2.79. The fourth-order valence-electron chi connectivity index (χ4n) is 1.63. The van der Waals surface area contributed by atoms with Crippen molar-refractivity contribution >= 4 is 0 Å². The van der Waals surface area contributed by atoms with E-state index in [0.717, 1.165) is 16.9 Å². The molecule has 0 aliphatic heterocycles. The second kappa shape index (κ2) is 5.41. The van der Waals surface area contributed by atoms with Crippen molar-refractivity contribution in [3.8, 4) is 5.75 Å². The average molecular weight is 229 g/mol. The Morgan fingerprint density at radius 3 is 2.71 bits per heavy atom. The predicted molar refractivity (Wildman–Crippen MR) is 65.7 cm³/mol. The topological polar surface area (TPSA) is 61.0 Å². The summed E-state index contributed by atoms with van der Waals surface area (Å²) in [6.45, 7) is 2.60. The van der Waals surface area contributed by atoms with E-state index < -0.39 is 0 Å². The highest BCUT2D eigenvalue weighted by Gasteiger charge is 2.09. The van der Waals surface area contributed by atoms with E-state index in [1.165, 1.54) is 6.33 Å². The zero-order valence-corrected chi connectivity index (χ0v) is 9.71. The normalized spacial score (nSPS) is 12.1. The molecule has 17 heavy (non-hydrogen) atoms. The Morgan fingerprint density at radius 2 is 2.00 bits per heavy atom. The van der Waals surface area contributed by atoms with Crippen LogP contribution < -0.4 is 10.5 Å². The highest BCUT2D eigenvalue weighted by atomic mass is 16.5. The summed E-state index contributed by atoms with van der Waals surface area (Å²) in [6, 6.07) is 7.55. The molecule has 0 saturated carbocycles. The van der Waals surface area contributed by atoms with E-state index in [0.29, 0.717) is 6.61 Å². The number of rotatable bonds is 4. The van der Waals surface area contributed by atoms with E-state index in [2.05, 4.69) is 9.97 Å². The molecule has 0 bridgehead atoms. The van der Waals surface area contributed by atoms with E-state index in [-0.39, 0.29) is 6.04 Å². The summed E-state index contributed by atoms with van der Waals surface area (Å²) in [6.07, 6.45) is 4.95. The summed E-state index contributed by atoms with van der Waals surface area (Å²) in [5.41, 5.74) is 8.03. The van der Waals surface area contributed by atoms with Crippen LogP contribution in [-0.4, -0.2) is 16.6 Å². The summed E-state index contributed by atoms with van der Waals surface area (Å²) < 4.78 is 5.45. The molecule has 1 aromatic heterocycles. The maximum Gasteiger partial charge on any atom is 0.119 e. The van der Waals surface area contributed by atoms with E-state index in [1.54, 1.807) is 12.4 Å². The maximum atomic E-state index is 6.15. The largest absolute Gasteiger partial charge is 0.494 e. The minimum atomic E-state index is -0.225. The van der Waals surface area contributed by atoms with Gasteiger partial charge in [0.05, 0.1) is 12.6 Å². The number of benzene rings is 1. The predicted octanol–water partition coefficient (Wildman–Crippen LogP) is 1.92. The Kier molecular flexibility index (Phi) is 3.67. The fraction of sp³-hybridized carbons (Fsp3) is 0.231. The zero-order valence-electron chi connectivity index (χ0n) is 9.71. The number of ether oxygens (including phenoxy) is 1. The van der Waals surface area contributed by atoms with Crippen molar-refractivity contribution in [1.82, 2.24) is 9.97 Å². The first kappa shape index (κ1) is 11.5. The number of nitrogens with two attached hydrogens (primary N) is 1. The molecular weight excluding hydrogens is 214 g/mol. The number of nitrogens with zero attached hydrogens (tertiary/aromatic N) is 2. The van der Waals surface area contributed by atoms with Gasteiger partial charge in [0.2, 0.25) is 0 Å². The van der Waals surface area contributed by atoms with Crippen LogP contribution in [0.3, 0.4) is 0 Å². The highest BCUT2D eigenvalue weighted by Crippen LogP contribution is 2.22. The molecule has 0 radical (unpaired) electrons. The lowest BCUT2D eigenvalue weighted by Crippen LogP contribution is -2.12. The Morgan fingerprint density at radius 1 is 1.24 bits per heavy atom. The Hall–Kier alpha value is -1.94. The van der Waals surface area contributed by atoms with Crippen molar-refractivity contribution in [1.29, 1.82) is 0 Å². The molecule has 1 unspecified atom stereocenters. The van der Waals surface area contributed by atoms with Gasteiger partial charge in [0.25, 0.3) is 0 Å². The SMILES string of the molecule is CCOc1cccc(C(N)c2cncnc2)c1. The molecule has 0 saturated heterocycles. The summed E-state index contributed by atoms with van der Waals surface area (Å²) in [5, 5.41) is 0. The molecule has 2 rings (SSSR count). The lowest BCUT2D eigenvalue weighted by molar-refractivity contribution is 0.340. The van der Waals surface area contributed by atoms with Crippen LogP contribution in [0.4, 0.5) is 0 Å². The van der Waals surface area contributed by atoms with Crippen LogP contribution in [0.2, 0.25) is 0 Å². The van der Waals surface area contributed by atoms with Crippen molar-refractivity contribution in [2.75, 3.05) is 6.61 Å². The van der Waals surface area contributed by atoms with Gasteiger partial charge in [-0.25, -0.2) is 9.97 Å². The molecule has 1 aromatic carbocycles. The van der Waals surface area contributed by atoms with E-state index in [4.69, 9.17) is 10.5 Å². The van der Waals surface area contributed by atoms with Crippen LogP contribution in [0.5, 0.6) is 5.75 Å². The second-order valence-corrected chi connectivity index (χ2v) is 3.65. The fourth-order valence-corrected chi connectivity index (χ4v) is 1.63. The van der Waals surface area contributed by atoms with Crippen LogP contribution in [0.1, 0.15) is 24.1 Å². The second-order valence-electron chi connectivity index (χ2n) is 3.65. The number of hydrogen-bond acceptors (Lipinski definition) is 4. The van der Waals surface area contributed by atoms with Gasteiger partial charge in [0.1, 0.15) is 12.1 Å². The number of aromatic nitrogens is 2. The summed E-state index contributed by atoms with van der Waals surface area (Å²) in [4.78, 5) is 7.94. The third-order valence-electron chi connectivity index (χ3n) is 2.47. The van der Waals surface area contributed by atoms with Crippen molar-refractivity contribution in [3.63, 3.8) is 0 Å². The molecule has 1 atom stereocenters. The Balaban J connectivity index is 2.25. The standard InChI is InChI=1S/C13H15N3O/c1-2-17-12-5-3-4-10(6-12)13(14)11-7-15-9-16-8-11/h3-9,13H,2,14H2,1H3. The molecular formula is C13H15N3O. The zero-order chi connectivity index (χ0) is 12.1. The quantitative estimate of drug-likeness (QED) is 0.870. The molecule has 88 valence electrons. The van der Waals surface area contributed by atoms with Gasteiger partial charge in [-0.1, -0.05) is 12.1 Å². The molecule has 2 N–H and O–H groups in total. The minimum Gasteiger partial charge on any atom is -0.494 e. The average Bonchev–Trinajstić information content (AvgIpc) is 2.40. The molecule has 0 aliphatic carbocycles. The summed E-state index contributed by atoms with van der Waals surface area (Å²) in [7, 11) is 0. The third-order valence-corrected chi connectivity index (χ3v) is 2.47. The summed E-state index contributed by atoms with van der Waals surface area (Å²) in [5.74, 6) is 0.831. The molecule has 0 fully saturated rings. The van der Waals surface area contributed by atoms with Crippen LogP contribution in [0, 0.1) is 0 Å². The van der Waals surface area contributed by atoms with Crippen LogP contribution in [-0.2, 0) is 0 Å². The first-order valence-corrected chi connectivity index (χ1v) is 5.54. The van der Waals surface area contributed by atoms with Gasteiger partial charge in [-0.05, 0) is 24.6 Å². The molecule has 2 aromatic rings. The van der Waals surface area contributed by atoms with Crippen LogP contribution >= 0.6 is 0 Å². The molecule has 0 spiro atoms. The molecule has 4 nitrogen and oxygen atoms in total. The van der Waals surface area contributed by atoms with Crippen molar-refractivity contribution in [2.24, 2.45) is 5.73 Å². The molecule has 1 heterocycles. The molecule has 0 amide bonds. The maximum absolute atomic E-state index is 6.15. The van der Waals surface area contributed by atoms with E-state index in [9.17, 15) is 0 Å². The first-order valence-electron chi connectivity index (χ1n) is 5.54. The van der Waals surface area contributed by atoms with Gasteiger partial charge in [-0.15, -0.1) is 0 Å². The van der Waals surface area contributed by atoms with Gasteiger partial charge >= 0.3 is 0 Å². The van der Waals surface area contributed by atoms with Gasteiger partial charge in [-0.3, -0.25) is 0 Å². The van der Waals surface area contributed by atoms with E-state index in [1.807, 2.05) is 31.2 Å². The smallest absolute Gasteiger partial charge is 0.119 e. The lowest BCUT2D eigenvalue weighted by atomic mass is 10.0. The monoisotopic (exact) mass is 229 g/mol. The van der Waals surface area contributed by atoms with Crippen molar-refractivity contribution < 1.29 is 4.74 Å². The van der Waals surface area contributed by atoms with Crippen molar-refractivity contribution in [3.05, 3.63) is 54.1 Å². The number of hydrogen-bond donors (Lipinski definition) is 1. The lowest BCUT2D eigenvalue weighted by Gasteiger charge is -2.12. The van der Waals surface area contributed by atoms with Gasteiger partial charge in [-0.2, -0.15) is 0 Å². The Bertz CT molecular complexity index is 473. The van der Waals surface area contributed by atoms with Crippen LogP contribution in [0.15, 0.2) is 43.0 Å². The highest BCUT2D eigenvalue weighted by molar-refractivity contribution is 5.34. The van der Waals surface area contributed by atoms with E-state index >= 15 is 0 Å². The van der Waals surface area contributed by atoms with Gasteiger partial charge in [0.15, 0.2) is 0 Å². The first-order chi connectivity index (χ1) is 8.31. The van der Waals surface area contributed by atoms with Crippen molar-refractivity contribution in [2.45, 2.75) is 13.0 Å².